The maximum atomic E-state index is 4.78. The molecule has 0 unspecified atom stereocenters. The van der Waals surface area contributed by atoms with E-state index < -0.39 is 0 Å². The largest absolute Gasteiger partial charge is 0.382 e. The molecule has 0 amide bonds. The highest BCUT2D eigenvalue weighted by Crippen LogP contribution is 2.28. The molecule has 124 valence electrons. The molecule has 0 aliphatic heterocycles. The van der Waals surface area contributed by atoms with Crippen LogP contribution in [0.5, 0.6) is 0 Å². The van der Waals surface area contributed by atoms with Gasteiger partial charge in [0.25, 0.3) is 0 Å². The van der Waals surface area contributed by atoms with E-state index in [2.05, 4.69) is 54.3 Å². The summed E-state index contributed by atoms with van der Waals surface area (Å²) in [6.07, 6.45) is 2.77. The Kier molecular flexibility index (Phi) is 4.94. The molecule has 0 radical (unpaired) electrons. The second-order valence-electron chi connectivity index (χ2n) is 5.97. The fourth-order valence-electron chi connectivity index (χ4n) is 2.97. The Hall–Kier alpha value is -2.62. The Morgan fingerprint density at radius 1 is 1.08 bits per heavy atom. The van der Waals surface area contributed by atoms with Gasteiger partial charge in [-0.25, -0.2) is 4.98 Å². The smallest absolute Gasteiger partial charge is 0.128 e. The number of pyridine rings is 2. The molecule has 0 spiro atoms. The third-order valence-corrected chi connectivity index (χ3v) is 4.36. The minimum Gasteiger partial charge on any atom is -0.382 e. The molecule has 0 saturated heterocycles. The lowest BCUT2D eigenvalue weighted by atomic mass is 10.1. The number of aryl methyl sites for hydroxylation is 1. The van der Waals surface area contributed by atoms with Gasteiger partial charge in [-0.15, -0.1) is 0 Å². The molecule has 4 heteroatoms. The van der Waals surface area contributed by atoms with Crippen molar-refractivity contribution in [1.82, 2.24) is 9.97 Å². The second kappa shape index (κ2) is 7.30. The maximum absolute atomic E-state index is 4.78. The van der Waals surface area contributed by atoms with E-state index >= 15 is 0 Å². The van der Waals surface area contributed by atoms with Crippen molar-refractivity contribution in [3.05, 3.63) is 59.9 Å². The summed E-state index contributed by atoms with van der Waals surface area (Å²) in [5.74, 6) is 0.991. The molecule has 4 nitrogen and oxygen atoms in total. The average molecular weight is 320 g/mol. The topological polar surface area (TPSA) is 41.1 Å². The van der Waals surface area contributed by atoms with Crippen LogP contribution in [0.3, 0.4) is 0 Å². The number of anilines is 2. The van der Waals surface area contributed by atoms with E-state index in [1.54, 1.807) is 0 Å². The summed E-state index contributed by atoms with van der Waals surface area (Å²) < 4.78 is 0. The highest BCUT2D eigenvalue weighted by Gasteiger charge is 2.10. The number of para-hydroxylation sites is 1. The molecule has 3 rings (SSSR count). The zero-order chi connectivity index (χ0) is 16.9. The maximum Gasteiger partial charge on any atom is 0.128 e. The van der Waals surface area contributed by atoms with E-state index in [1.807, 2.05) is 30.5 Å². The molecule has 1 aromatic carbocycles. The number of aromatic nitrogens is 2. The SMILES string of the molecule is CCc1nc2ccccc2c(NCCN(C)c2ccccn2)c1C. The van der Waals surface area contributed by atoms with Crippen LogP contribution < -0.4 is 10.2 Å². The van der Waals surface area contributed by atoms with Crippen molar-refractivity contribution < 1.29 is 0 Å². The number of nitrogens with zero attached hydrogens (tertiary/aromatic N) is 3. The molecule has 0 aliphatic carbocycles. The van der Waals surface area contributed by atoms with Gasteiger partial charge in [0.05, 0.1) is 5.52 Å². The van der Waals surface area contributed by atoms with Gasteiger partial charge in [0, 0.05) is 43.1 Å². The first-order valence-corrected chi connectivity index (χ1v) is 8.45. The third-order valence-electron chi connectivity index (χ3n) is 4.36. The van der Waals surface area contributed by atoms with Gasteiger partial charge in [0.15, 0.2) is 0 Å². The van der Waals surface area contributed by atoms with Gasteiger partial charge >= 0.3 is 0 Å². The summed E-state index contributed by atoms with van der Waals surface area (Å²) in [6, 6.07) is 14.3. The van der Waals surface area contributed by atoms with E-state index in [-0.39, 0.29) is 0 Å². The first-order valence-electron chi connectivity index (χ1n) is 8.45. The summed E-state index contributed by atoms with van der Waals surface area (Å²) in [5, 5.41) is 4.81. The monoisotopic (exact) mass is 320 g/mol. The van der Waals surface area contributed by atoms with E-state index in [1.165, 1.54) is 16.6 Å². The van der Waals surface area contributed by atoms with Crippen molar-refractivity contribution in [2.75, 3.05) is 30.4 Å². The predicted molar refractivity (Wildman–Crippen MR) is 102 cm³/mol. The zero-order valence-electron chi connectivity index (χ0n) is 14.6. The summed E-state index contributed by atoms with van der Waals surface area (Å²) in [5.41, 5.74) is 4.67. The van der Waals surface area contributed by atoms with Gasteiger partial charge in [-0.3, -0.25) is 4.98 Å². The number of hydrogen-bond donors (Lipinski definition) is 1. The number of nitrogens with one attached hydrogen (secondary N) is 1. The minimum atomic E-state index is 0.852. The Morgan fingerprint density at radius 3 is 2.62 bits per heavy atom. The van der Waals surface area contributed by atoms with Gasteiger partial charge in [-0.2, -0.15) is 0 Å². The van der Waals surface area contributed by atoms with Crippen molar-refractivity contribution in [1.29, 1.82) is 0 Å². The van der Waals surface area contributed by atoms with Crippen LogP contribution in [0.1, 0.15) is 18.2 Å². The number of fused-ring (bicyclic) bond motifs is 1. The molecule has 0 saturated carbocycles. The van der Waals surface area contributed by atoms with Crippen molar-refractivity contribution in [2.45, 2.75) is 20.3 Å². The van der Waals surface area contributed by atoms with E-state index in [0.717, 1.165) is 36.5 Å². The van der Waals surface area contributed by atoms with Crippen molar-refractivity contribution in [3.63, 3.8) is 0 Å². The molecule has 3 aromatic rings. The zero-order valence-corrected chi connectivity index (χ0v) is 14.6. The number of hydrogen-bond acceptors (Lipinski definition) is 4. The Morgan fingerprint density at radius 2 is 1.88 bits per heavy atom. The lowest BCUT2D eigenvalue weighted by molar-refractivity contribution is 0.892. The molecule has 0 atom stereocenters. The first-order chi connectivity index (χ1) is 11.7. The fourth-order valence-corrected chi connectivity index (χ4v) is 2.97. The van der Waals surface area contributed by atoms with Gasteiger partial charge in [-0.05, 0) is 37.1 Å². The average Bonchev–Trinajstić information content (AvgIpc) is 2.63. The second-order valence-corrected chi connectivity index (χ2v) is 5.97. The summed E-state index contributed by atoms with van der Waals surface area (Å²) >= 11 is 0. The third kappa shape index (κ3) is 3.32. The molecule has 0 aliphatic rings. The molecular formula is C20H24N4. The molecular weight excluding hydrogens is 296 g/mol. The van der Waals surface area contributed by atoms with Gasteiger partial charge in [0.1, 0.15) is 5.82 Å². The fraction of sp³-hybridized carbons (Fsp3) is 0.300. The quantitative estimate of drug-likeness (QED) is 0.744. The molecule has 0 bridgehead atoms. The molecule has 0 fully saturated rings. The van der Waals surface area contributed by atoms with Crippen LogP contribution in [0.15, 0.2) is 48.7 Å². The van der Waals surface area contributed by atoms with Crippen LogP contribution in [0, 0.1) is 6.92 Å². The van der Waals surface area contributed by atoms with Crippen molar-refractivity contribution >= 4 is 22.4 Å². The Bertz CT molecular complexity index is 814. The van der Waals surface area contributed by atoms with Crippen LogP contribution in [-0.2, 0) is 6.42 Å². The number of likely N-dealkylation sites (N-methyl/N-ethyl adjacent to an activating group) is 1. The lowest BCUT2D eigenvalue weighted by Crippen LogP contribution is -2.25. The van der Waals surface area contributed by atoms with Gasteiger partial charge in [-0.1, -0.05) is 31.2 Å². The normalized spacial score (nSPS) is 10.8. The summed E-state index contributed by atoms with van der Waals surface area (Å²) in [6.45, 7) is 6.05. The Balaban J connectivity index is 1.78. The molecule has 1 N–H and O–H groups in total. The summed E-state index contributed by atoms with van der Waals surface area (Å²) in [7, 11) is 2.07. The summed E-state index contributed by atoms with van der Waals surface area (Å²) in [4.78, 5) is 11.3. The minimum absolute atomic E-state index is 0.852. The van der Waals surface area contributed by atoms with Gasteiger partial charge in [0.2, 0.25) is 0 Å². The van der Waals surface area contributed by atoms with Crippen LogP contribution in [0.2, 0.25) is 0 Å². The van der Waals surface area contributed by atoms with Crippen LogP contribution in [-0.4, -0.2) is 30.1 Å². The first kappa shape index (κ1) is 16.2. The number of rotatable bonds is 6. The number of benzene rings is 1. The van der Waals surface area contributed by atoms with E-state index in [0.29, 0.717) is 0 Å². The molecule has 24 heavy (non-hydrogen) atoms. The highest BCUT2D eigenvalue weighted by atomic mass is 15.2. The molecule has 2 heterocycles. The highest BCUT2D eigenvalue weighted by molar-refractivity contribution is 5.93. The van der Waals surface area contributed by atoms with Gasteiger partial charge < -0.3 is 10.2 Å². The van der Waals surface area contributed by atoms with E-state index in [9.17, 15) is 0 Å². The van der Waals surface area contributed by atoms with E-state index in [4.69, 9.17) is 4.98 Å². The van der Waals surface area contributed by atoms with Crippen LogP contribution in [0.4, 0.5) is 11.5 Å². The lowest BCUT2D eigenvalue weighted by Gasteiger charge is -2.20. The standard InChI is InChI=1S/C20H24N4/c1-4-17-15(2)20(16-9-5-6-10-18(16)23-17)22-13-14-24(3)19-11-7-8-12-21-19/h5-12H,4,13-14H2,1-3H3,(H,22,23). The Labute approximate surface area is 143 Å². The predicted octanol–water partition coefficient (Wildman–Crippen LogP) is 4.05. The van der Waals surface area contributed by atoms with Crippen molar-refractivity contribution in [2.24, 2.45) is 0 Å². The van der Waals surface area contributed by atoms with Crippen LogP contribution >= 0.6 is 0 Å². The molecule has 2 aromatic heterocycles. The van der Waals surface area contributed by atoms with Crippen molar-refractivity contribution in [3.8, 4) is 0 Å². The van der Waals surface area contributed by atoms with Crippen LogP contribution in [0.25, 0.3) is 10.9 Å².